The Bertz CT molecular complexity index is 201. The Morgan fingerprint density at radius 2 is 1.81 bits per heavy atom. The predicted octanol–water partition coefficient (Wildman–Crippen LogP) is -0.282. The third-order valence-electron chi connectivity index (χ3n) is 1.47. The van der Waals surface area contributed by atoms with Crippen LogP contribution in [0.4, 0.5) is 0 Å². The van der Waals surface area contributed by atoms with Gasteiger partial charge >= 0.3 is 11.9 Å². The highest BCUT2D eigenvalue weighted by atomic mass is 16.5. The van der Waals surface area contributed by atoms with Crippen LogP contribution < -0.4 is 0 Å². The summed E-state index contributed by atoms with van der Waals surface area (Å²) in [6.45, 7) is 4.81. The monoisotopic (exact) mass is 236 g/mol. The Labute approximate surface area is 95.2 Å². The molecule has 0 saturated heterocycles. The summed E-state index contributed by atoms with van der Waals surface area (Å²) in [6.07, 6.45) is -0.977. The van der Waals surface area contributed by atoms with E-state index in [9.17, 15) is 9.59 Å². The van der Waals surface area contributed by atoms with Crippen LogP contribution in [0.5, 0.6) is 0 Å². The van der Waals surface area contributed by atoms with Crippen LogP contribution in [-0.2, 0) is 19.1 Å². The zero-order valence-electron chi connectivity index (χ0n) is 10.1. The summed E-state index contributed by atoms with van der Waals surface area (Å²) in [5, 5.41) is 17.0. The highest BCUT2D eigenvalue weighted by Crippen LogP contribution is 2.01. The molecule has 96 valence electrons. The number of esters is 2. The third kappa shape index (κ3) is 10.9. The quantitative estimate of drug-likeness (QED) is 0.652. The van der Waals surface area contributed by atoms with Crippen molar-refractivity contribution >= 4 is 11.9 Å². The minimum absolute atomic E-state index is 0.0718. The van der Waals surface area contributed by atoms with Crippen molar-refractivity contribution in [2.24, 2.45) is 5.92 Å². The maximum Gasteiger partial charge on any atom is 0.334 e. The van der Waals surface area contributed by atoms with Crippen molar-refractivity contribution in [3.8, 4) is 0 Å². The van der Waals surface area contributed by atoms with E-state index >= 15 is 0 Å². The van der Waals surface area contributed by atoms with Crippen LogP contribution in [0, 0.1) is 5.92 Å². The van der Waals surface area contributed by atoms with Gasteiger partial charge in [0.1, 0.15) is 6.61 Å². The summed E-state index contributed by atoms with van der Waals surface area (Å²) >= 11 is 0. The largest absolute Gasteiger partial charge is 0.467 e. The normalized spacial score (nSPS) is 11.2. The van der Waals surface area contributed by atoms with E-state index in [0.717, 1.165) is 0 Å². The summed E-state index contributed by atoms with van der Waals surface area (Å²) in [7, 11) is 1.26. The van der Waals surface area contributed by atoms with Gasteiger partial charge in [0.15, 0.2) is 6.10 Å². The van der Waals surface area contributed by atoms with Crippen molar-refractivity contribution in [3.05, 3.63) is 0 Å². The van der Waals surface area contributed by atoms with Gasteiger partial charge in [-0.2, -0.15) is 0 Å². The lowest BCUT2D eigenvalue weighted by molar-refractivity contribution is -0.152. The Morgan fingerprint density at radius 3 is 1.94 bits per heavy atom. The zero-order valence-corrected chi connectivity index (χ0v) is 10.1. The number of aliphatic hydroxyl groups excluding tert-OH is 2. The second kappa shape index (κ2) is 10.4. The van der Waals surface area contributed by atoms with E-state index in [4.69, 9.17) is 10.2 Å². The molecule has 0 saturated carbocycles. The van der Waals surface area contributed by atoms with Gasteiger partial charge in [0.2, 0.25) is 0 Å². The molecule has 1 unspecified atom stereocenters. The van der Waals surface area contributed by atoms with Crippen molar-refractivity contribution in [2.45, 2.75) is 26.9 Å². The second-order valence-corrected chi connectivity index (χ2v) is 3.28. The standard InChI is InChI=1S/C6H12O3.C4H8O3/c1-4(2)5(7)6(8)9-3;1-4(6)7-3-2-5/h4-5,7H,1-3H3;5H,2-3H2,1H3. The molecule has 6 heteroatoms. The van der Waals surface area contributed by atoms with Crippen molar-refractivity contribution in [1.29, 1.82) is 0 Å². The zero-order chi connectivity index (χ0) is 13.1. The molecule has 2 N–H and O–H groups in total. The molecule has 0 amide bonds. The topological polar surface area (TPSA) is 93.1 Å². The van der Waals surface area contributed by atoms with Crippen LogP contribution >= 0.6 is 0 Å². The summed E-state index contributed by atoms with van der Waals surface area (Å²) in [6, 6.07) is 0. The molecule has 6 nitrogen and oxygen atoms in total. The fourth-order valence-corrected chi connectivity index (χ4v) is 0.582. The Morgan fingerprint density at radius 1 is 1.31 bits per heavy atom. The molecule has 0 fully saturated rings. The minimum Gasteiger partial charge on any atom is -0.467 e. The van der Waals surface area contributed by atoms with Crippen LogP contribution in [0.25, 0.3) is 0 Å². The number of carbonyl (C=O) groups excluding carboxylic acids is 2. The lowest BCUT2D eigenvalue weighted by Crippen LogP contribution is -2.26. The molecule has 1 atom stereocenters. The first-order valence-electron chi connectivity index (χ1n) is 4.86. The first-order valence-corrected chi connectivity index (χ1v) is 4.86. The van der Waals surface area contributed by atoms with E-state index in [1.54, 1.807) is 13.8 Å². The van der Waals surface area contributed by atoms with Gasteiger partial charge in [0.05, 0.1) is 13.7 Å². The van der Waals surface area contributed by atoms with Crippen LogP contribution in [-0.4, -0.2) is 48.6 Å². The molecule has 0 heterocycles. The minimum atomic E-state index is -0.977. The maximum absolute atomic E-state index is 10.5. The number of aliphatic hydroxyl groups is 2. The summed E-state index contributed by atoms with van der Waals surface area (Å²) in [4.78, 5) is 20.4. The van der Waals surface area contributed by atoms with E-state index in [-0.39, 0.29) is 25.1 Å². The lowest BCUT2D eigenvalue weighted by atomic mass is 10.1. The van der Waals surface area contributed by atoms with E-state index < -0.39 is 12.1 Å². The van der Waals surface area contributed by atoms with E-state index in [1.807, 2.05) is 0 Å². The molecular formula is C10H20O6. The first kappa shape index (κ1) is 17.3. The van der Waals surface area contributed by atoms with Crippen LogP contribution in [0.3, 0.4) is 0 Å². The summed E-state index contributed by atoms with van der Waals surface area (Å²) in [5.74, 6) is -0.989. The Kier molecular flexibility index (Phi) is 11.2. The average Bonchev–Trinajstić information content (AvgIpc) is 2.24. The van der Waals surface area contributed by atoms with Crippen LogP contribution in [0.2, 0.25) is 0 Å². The molecule has 0 aromatic carbocycles. The number of hydrogen-bond donors (Lipinski definition) is 2. The molecule has 0 rings (SSSR count). The first-order chi connectivity index (χ1) is 7.36. The van der Waals surface area contributed by atoms with Crippen molar-refractivity contribution in [3.63, 3.8) is 0 Å². The Hall–Kier alpha value is -1.14. The van der Waals surface area contributed by atoms with Gasteiger partial charge in [-0.05, 0) is 5.92 Å². The van der Waals surface area contributed by atoms with Gasteiger partial charge in [0.25, 0.3) is 0 Å². The van der Waals surface area contributed by atoms with Gasteiger partial charge in [-0.25, -0.2) is 4.79 Å². The Balaban J connectivity index is 0. The van der Waals surface area contributed by atoms with E-state index in [0.29, 0.717) is 0 Å². The number of ether oxygens (including phenoxy) is 2. The van der Waals surface area contributed by atoms with Crippen molar-refractivity contribution < 1.29 is 29.3 Å². The molecule has 0 aromatic heterocycles. The van der Waals surface area contributed by atoms with E-state index in [2.05, 4.69) is 9.47 Å². The molecule has 0 aliphatic carbocycles. The number of methoxy groups -OCH3 is 1. The molecule has 0 bridgehead atoms. The third-order valence-corrected chi connectivity index (χ3v) is 1.47. The smallest absolute Gasteiger partial charge is 0.334 e. The number of rotatable bonds is 4. The molecule has 0 spiro atoms. The van der Waals surface area contributed by atoms with Gasteiger partial charge in [0, 0.05) is 6.92 Å². The van der Waals surface area contributed by atoms with Crippen LogP contribution in [0.1, 0.15) is 20.8 Å². The van der Waals surface area contributed by atoms with Gasteiger partial charge in [-0.1, -0.05) is 13.8 Å². The van der Waals surface area contributed by atoms with E-state index in [1.165, 1.54) is 14.0 Å². The number of carbonyl (C=O) groups is 2. The summed E-state index contributed by atoms with van der Waals surface area (Å²) in [5.41, 5.74) is 0. The SMILES string of the molecule is CC(=O)OCCO.COC(=O)C(O)C(C)C. The van der Waals surface area contributed by atoms with Crippen LogP contribution in [0.15, 0.2) is 0 Å². The molecular weight excluding hydrogens is 216 g/mol. The predicted molar refractivity (Wildman–Crippen MR) is 56.6 cm³/mol. The number of hydrogen-bond acceptors (Lipinski definition) is 6. The summed E-state index contributed by atoms with van der Waals surface area (Å²) < 4.78 is 8.59. The average molecular weight is 236 g/mol. The second-order valence-electron chi connectivity index (χ2n) is 3.28. The van der Waals surface area contributed by atoms with Gasteiger partial charge in [-0.15, -0.1) is 0 Å². The lowest BCUT2D eigenvalue weighted by Gasteiger charge is -2.10. The van der Waals surface area contributed by atoms with Crippen molar-refractivity contribution in [1.82, 2.24) is 0 Å². The fraction of sp³-hybridized carbons (Fsp3) is 0.800. The molecule has 0 aromatic rings. The van der Waals surface area contributed by atoms with Gasteiger partial charge < -0.3 is 19.7 Å². The molecule has 0 aliphatic heterocycles. The highest BCUT2D eigenvalue weighted by Gasteiger charge is 2.18. The van der Waals surface area contributed by atoms with Crippen molar-refractivity contribution in [2.75, 3.05) is 20.3 Å². The molecule has 16 heavy (non-hydrogen) atoms. The highest BCUT2D eigenvalue weighted by molar-refractivity contribution is 5.74. The molecule has 0 radical (unpaired) electrons. The molecule has 0 aliphatic rings. The van der Waals surface area contributed by atoms with Gasteiger partial charge in [-0.3, -0.25) is 4.79 Å². The fourth-order valence-electron chi connectivity index (χ4n) is 0.582. The maximum atomic E-state index is 10.5.